The van der Waals surface area contributed by atoms with Crippen molar-refractivity contribution < 1.29 is 9.90 Å². The van der Waals surface area contributed by atoms with Gasteiger partial charge in [-0.25, -0.2) is 0 Å². The second-order valence-electron chi connectivity index (χ2n) is 6.36. The molecule has 130 valence electrons. The van der Waals surface area contributed by atoms with Crippen LogP contribution in [0.5, 0.6) is 0 Å². The highest BCUT2D eigenvalue weighted by Gasteiger charge is 2.09. The van der Waals surface area contributed by atoms with Gasteiger partial charge in [-0.15, -0.1) is 0 Å². The summed E-state index contributed by atoms with van der Waals surface area (Å²) >= 11 is 0. The van der Waals surface area contributed by atoms with Gasteiger partial charge in [-0.05, 0) is 30.0 Å². The molecule has 0 aliphatic carbocycles. The molecule has 3 aromatic rings. The van der Waals surface area contributed by atoms with Crippen LogP contribution in [0.2, 0.25) is 0 Å². The minimum Gasteiger partial charge on any atom is -0.391 e. The lowest BCUT2D eigenvalue weighted by Gasteiger charge is -2.12. The topological polar surface area (TPSA) is 65.1 Å². The van der Waals surface area contributed by atoms with Crippen molar-refractivity contribution in [3.05, 3.63) is 71.9 Å². The van der Waals surface area contributed by atoms with Gasteiger partial charge >= 0.3 is 0 Å². The molecule has 4 nitrogen and oxygen atoms in total. The molecular formula is C21H24N2O2. The number of aliphatic hydroxyl groups is 1. The van der Waals surface area contributed by atoms with E-state index in [2.05, 4.69) is 22.4 Å². The number of aliphatic hydroxyl groups excluding tert-OH is 1. The van der Waals surface area contributed by atoms with Gasteiger partial charge in [-0.2, -0.15) is 0 Å². The van der Waals surface area contributed by atoms with E-state index in [1.807, 2.05) is 48.7 Å². The van der Waals surface area contributed by atoms with Crippen LogP contribution in [0.25, 0.3) is 10.9 Å². The Labute approximate surface area is 147 Å². The molecule has 4 heteroatoms. The molecule has 1 atom stereocenters. The fraction of sp³-hybridized carbons (Fsp3) is 0.286. The van der Waals surface area contributed by atoms with Gasteiger partial charge < -0.3 is 15.4 Å². The summed E-state index contributed by atoms with van der Waals surface area (Å²) in [6, 6.07) is 18.0. The number of fused-ring (bicyclic) bond motifs is 1. The molecule has 0 saturated heterocycles. The second-order valence-corrected chi connectivity index (χ2v) is 6.36. The van der Waals surface area contributed by atoms with Crippen LogP contribution < -0.4 is 5.32 Å². The molecule has 0 bridgehead atoms. The van der Waals surface area contributed by atoms with Gasteiger partial charge in [0.05, 0.1) is 6.10 Å². The number of aromatic amines is 1. The average molecular weight is 336 g/mol. The molecule has 3 N–H and O–H groups in total. The summed E-state index contributed by atoms with van der Waals surface area (Å²) in [6.07, 6.45) is 4.15. The molecule has 3 rings (SSSR count). The number of aryl methyl sites for hydroxylation is 1. The maximum atomic E-state index is 12.0. The molecule has 0 saturated carbocycles. The van der Waals surface area contributed by atoms with Crippen molar-refractivity contribution in [1.29, 1.82) is 0 Å². The van der Waals surface area contributed by atoms with Gasteiger partial charge in [0.2, 0.25) is 5.91 Å². The lowest BCUT2D eigenvalue weighted by molar-refractivity contribution is -0.121. The number of amides is 1. The highest BCUT2D eigenvalue weighted by atomic mass is 16.3. The van der Waals surface area contributed by atoms with E-state index >= 15 is 0 Å². The van der Waals surface area contributed by atoms with Crippen LogP contribution in [0.1, 0.15) is 24.0 Å². The van der Waals surface area contributed by atoms with Crippen LogP contribution in [0.15, 0.2) is 60.8 Å². The Hall–Kier alpha value is -2.59. The van der Waals surface area contributed by atoms with Gasteiger partial charge in [-0.1, -0.05) is 48.5 Å². The molecule has 0 aliphatic rings. The highest BCUT2D eigenvalue weighted by Crippen LogP contribution is 2.19. The maximum Gasteiger partial charge on any atom is 0.220 e. The van der Waals surface area contributed by atoms with Crippen molar-refractivity contribution in [2.24, 2.45) is 0 Å². The Morgan fingerprint density at radius 2 is 1.84 bits per heavy atom. The number of H-pyrrole nitrogens is 1. The molecule has 0 fully saturated rings. The van der Waals surface area contributed by atoms with E-state index in [1.54, 1.807) is 0 Å². The largest absolute Gasteiger partial charge is 0.391 e. The van der Waals surface area contributed by atoms with Gasteiger partial charge in [-0.3, -0.25) is 4.79 Å². The summed E-state index contributed by atoms with van der Waals surface area (Å²) in [6.45, 7) is 0.292. The molecule has 0 spiro atoms. The fourth-order valence-corrected chi connectivity index (χ4v) is 3.06. The Bertz CT molecular complexity index is 811. The Kier molecular flexibility index (Phi) is 5.86. The Morgan fingerprint density at radius 3 is 2.68 bits per heavy atom. The molecule has 2 aromatic carbocycles. The lowest BCUT2D eigenvalue weighted by atomic mass is 10.1. The first-order valence-electron chi connectivity index (χ1n) is 8.76. The number of hydrogen-bond donors (Lipinski definition) is 3. The summed E-state index contributed by atoms with van der Waals surface area (Å²) in [5.74, 6) is -0.00745. The van der Waals surface area contributed by atoms with Crippen LogP contribution in [-0.4, -0.2) is 28.6 Å². The predicted octanol–water partition coefficient (Wildman–Crippen LogP) is 3.21. The van der Waals surface area contributed by atoms with Crippen molar-refractivity contribution in [3.63, 3.8) is 0 Å². The van der Waals surface area contributed by atoms with E-state index in [0.29, 0.717) is 19.4 Å². The average Bonchev–Trinajstić information content (AvgIpc) is 3.04. The van der Waals surface area contributed by atoms with E-state index in [-0.39, 0.29) is 5.91 Å². The van der Waals surface area contributed by atoms with E-state index in [0.717, 1.165) is 23.9 Å². The summed E-state index contributed by atoms with van der Waals surface area (Å²) < 4.78 is 0. The zero-order valence-corrected chi connectivity index (χ0v) is 14.2. The third-order valence-electron chi connectivity index (χ3n) is 4.37. The van der Waals surface area contributed by atoms with Crippen LogP contribution in [0, 0.1) is 0 Å². The van der Waals surface area contributed by atoms with Crippen molar-refractivity contribution in [3.8, 4) is 0 Å². The minimum absolute atomic E-state index is 0.00745. The highest BCUT2D eigenvalue weighted by molar-refractivity contribution is 5.83. The van der Waals surface area contributed by atoms with Crippen LogP contribution in [-0.2, 0) is 17.6 Å². The number of aromatic nitrogens is 1. The van der Waals surface area contributed by atoms with Gasteiger partial charge in [0.1, 0.15) is 0 Å². The third-order valence-corrected chi connectivity index (χ3v) is 4.37. The third kappa shape index (κ3) is 4.94. The van der Waals surface area contributed by atoms with E-state index in [9.17, 15) is 9.90 Å². The quantitative estimate of drug-likeness (QED) is 0.591. The van der Waals surface area contributed by atoms with Gasteiger partial charge in [0, 0.05) is 36.5 Å². The summed E-state index contributed by atoms with van der Waals surface area (Å²) in [4.78, 5) is 15.2. The van der Waals surface area contributed by atoms with E-state index in [1.165, 1.54) is 10.9 Å². The summed E-state index contributed by atoms with van der Waals surface area (Å²) in [5.41, 5.74) is 3.45. The summed E-state index contributed by atoms with van der Waals surface area (Å²) in [5, 5.41) is 14.1. The molecule has 1 amide bonds. The number of nitrogens with one attached hydrogen (secondary N) is 2. The molecule has 0 radical (unpaired) electrons. The molecule has 25 heavy (non-hydrogen) atoms. The summed E-state index contributed by atoms with van der Waals surface area (Å²) in [7, 11) is 0. The van der Waals surface area contributed by atoms with Crippen LogP contribution >= 0.6 is 0 Å². The number of hydrogen-bond acceptors (Lipinski definition) is 2. The van der Waals surface area contributed by atoms with E-state index in [4.69, 9.17) is 0 Å². The molecule has 1 aromatic heterocycles. The van der Waals surface area contributed by atoms with Crippen molar-refractivity contribution in [2.45, 2.75) is 31.8 Å². The Balaban J connectivity index is 1.38. The number of rotatable bonds is 8. The zero-order valence-electron chi connectivity index (χ0n) is 14.2. The van der Waals surface area contributed by atoms with Crippen LogP contribution in [0.4, 0.5) is 0 Å². The van der Waals surface area contributed by atoms with Crippen molar-refractivity contribution in [1.82, 2.24) is 10.3 Å². The van der Waals surface area contributed by atoms with Gasteiger partial charge in [0.25, 0.3) is 0 Å². The predicted molar refractivity (Wildman–Crippen MR) is 100 cm³/mol. The van der Waals surface area contributed by atoms with E-state index < -0.39 is 6.10 Å². The zero-order chi connectivity index (χ0) is 17.5. The van der Waals surface area contributed by atoms with Crippen molar-refractivity contribution in [2.75, 3.05) is 6.54 Å². The first kappa shape index (κ1) is 17.2. The molecule has 0 unspecified atom stereocenters. The standard InChI is InChI=1S/C21H24N2O2/c24-18(13-16-7-2-1-3-8-16)15-23-21(25)12-6-9-17-14-22-20-11-5-4-10-19(17)20/h1-5,7-8,10-11,14,18,22,24H,6,9,12-13,15H2,(H,23,25)/t18-/m0/s1. The number of benzene rings is 2. The second kappa shape index (κ2) is 8.49. The molecule has 0 aliphatic heterocycles. The molecular weight excluding hydrogens is 312 g/mol. The minimum atomic E-state index is -0.556. The van der Waals surface area contributed by atoms with Crippen LogP contribution in [0.3, 0.4) is 0 Å². The molecule has 1 heterocycles. The number of carbonyl (C=O) groups is 1. The van der Waals surface area contributed by atoms with Crippen molar-refractivity contribution >= 4 is 16.8 Å². The smallest absolute Gasteiger partial charge is 0.220 e. The fourth-order valence-electron chi connectivity index (χ4n) is 3.06. The van der Waals surface area contributed by atoms with Gasteiger partial charge in [0.15, 0.2) is 0 Å². The maximum absolute atomic E-state index is 12.0. The monoisotopic (exact) mass is 336 g/mol. The number of para-hydroxylation sites is 1. The lowest BCUT2D eigenvalue weighted by Crippen LogP contribution is -2.33. The first-order valence-corrected chi connectivity index (χ1v) is 8.76. The Morgan fingerprint density at radius 1 is 1.08 bits per heavy atom. The SMILES string of the molecule is O=C(CCCc1c[nH]c2ccccc12)NC[C@@H](O)Cc1ccccc1. The first-order chi connectivity index (χ1) is 12.2. The normalized spacial score (nSPS) is 12.2. The number of carbonyl (C=O) groups excluding carboxylic acids is 1.